The second-order valence-corrected chi connectivity index (χ2v) is 7.35. The zero-order valence-electron chi connectivity index (χ0n) is 14.3. The van der Waals surface area contributed by atoms with Gasteiger partial charge in [0.1, 0.15) is 4.90 Å². The number of para-hydroxylation sites is 1. The van der Waals surface area contributed by atoms with Crippen LogP contribution in [0.25, 0.3) is 10.9 Å². The fourth-order valence-electron chi connectivity index (χ4n) is 2.56. The Balaban J connectivity index is 1.91. The number of hydroxylamine groups is 1. The lowest BCUT2D eigenvalue weighted by Crippen LogP contribution is -2.20. The third-order valence-corrected chi connectivity index (χ3v) is 5.26. The van der Waals surface area contributed by atoms with Crippen LogP contribution in [0.1, 0.15) is 5.56 Å². The van der Waals surface area contributed by atoms with Crippen molar-refractivity contribution in [2.24, 2.45) is 0 Å². The Labute approximate surface area is 155 Å². The predicted molar refractivity (Wildman–Crippen MR) is 99.2 cm³/mol. The highest BCUT2D eigenvalue weighted by Gasteiger charge is 2.19. The van der Waals surface area contributed by atoms with Crippen LogP contribution in [0.3, 0.4) is 0 Å². The Kier molecular flexibility index (Phi) is 5.24. The molecule has 2 aromatic carbocycles. The molecule has 0 saturated heterocycles. The van der Waals surface area contributed by atoms with E-state index in [1.807, 2.05) is 0 Å². The van der Waals surface area contributed by atoms with Gasteiger partial charge in [0.05, 0.1) is 19.0 Å². The molecule has 1 amide bonds. The number of fused-ring (bicyclic) bond motifs is 1. The van der Waals surface area contributed by atoms with E-state index >= 15 is 0 Å². The van der Waals surface area contributed by atoms with E-state index in [0.717, 1.165) is 0 Å². The van der Waals surface area contributed by atoms with Crippen molar-refractivity contribution in [1.82, 2.24) is 10.5 Å². The minimum absolute atomic E-state index is 0.0173. The second-order valence-electron chi connectivity index (χ2n) is 5.70. The first-order chi connectivity index (χ1) is 12.9. The summed E-state index contributed by atoms with van der Waals surface area (Å²) in [4.78, 5) is 15.4. The Bertz CT molecular complexity index is 1080. The van der Waals surface area contributed by atoms with Crippen molar-refractivity contribution >= 4 is 32.5 Å². The number of ether oxygens (including phenoxy) is 1. The molecule has 8 nitrogen and oxygen atoms in total. The lowest BCUT2D eigenvalue weighted by Gasteiger charge is -2.11. The van der Waals surface area contributed by atoms with Crippen LogP contribution < -0.4 is 14.9 Å². The van der Waals surface area contributed by atoms with Crippen LogP contribution in [0.15, 0.2) is 59.5 Å². The van der Waals surface area contributed by atoms with Crippen LogP contribution in [0.5, 0.6) is 5.88 Å². The van der Waals surface area contributed by atoms with Crippen molar-refractivity contribution < 1.29 is 23.2 Å². The van der Waals surface area contributed by atoms with E-state index in [4.69, 9.17) is 9.94 Å². The van der Waals surface area contributed by atoms with Crippen molar-refractivity contribution in [3.05, 3.63) is 60.2 Å². The van der Waals surface area contributed by atoms with Gasteiger partial charge in [-0.15, -0.1) is 0 Å². The molecule has 0 fully saturated rings. The maximum Gasteiger partial charge on any atom is 0.264 e. The van der Waals surface area contributed by atoms with Gasteiger partial charge in [0.25, 0.3) is 10.0 Å². The van der Waals surface area contributed by atoms with Crippen molar-refractivity contribution in [2.45, 2.75) is 11.3 Å². The zero-order valence-corrected chi connectivity index (χ0v) is 15.2. The molecule has 0 saturated carbocycles. The zero-order chi connectivity index (χ0) is 19.4. The smallest absolute Gasteiger partial charge is 0.264 e. The summed E-state index contributed by atoms with van der Waals surface area (Å²) >= 11 is 0. The fourth-order valence-corrected chi connectivity index (χ4v) is 3.79. The summed E-state index contributed by atoms with van der Waals surface area (Å²) < 4.78 is 33.3. The number of nitrogens with zero attached hydrogens (tertiary/aromatic N) is 1. The molecule has 0 radical (unpaired) electrons. The van der Waals surface area contributed by atoms with E-state index in [-0.39, 0.29) is 11.3 Å². The van der Waals surface area contributed by atoms with Crippen molar-refractivity contribution in [3.8, 4) is 5.88 Å². The Morgan fingerprint density at radius 1 is 1.11 bits per heavy atom. The highest BCUT2D eigenvalue weighted by Crippen LogP contribution is 2.25. The second kappa shape index (κ2) is 7.60. The molecule has 3 rings (SSSR count). The van der Waals surface area contributed by atoms with Gasteiger partial charge in [-0.05, 0) is 29.8 Å². The lowest BCUT2D eigenvalue weighted by atomic mass is 10.1. The molecular weight excluding hydrogens is 370 g/mol. The lowest BCUT2D eigenvalue weighted by molar-refractivity contribution is -0.128. The predicted octanol–water partition coefficient (Wildman–Crippen LogP) is 2.09. The molecule has 27 heavy (non-hydrogen) atoms. The first-order valence-electron chi connectivity index (χ1n) is 7.91. The van der Waals surface area contributed by atoms with Gasteiger partial charge in [0.2, 0.25) is 11.8 Å². The first-order valence-corrected chi connectivity index (χ1v) is 9.40. The van der Waals surface area contributed by atoms with Gasteiger partial charge in [-0.25, -0.2) is 18.9 Å². The van der Waals surface area contributed by atoms with Crippen LogP contribution in [-0.2, 0) is 21.2 Å². The molecule has 0 unspecified atom stereocenters. The average molecular weight is 387 g/mol. The summed E-state index contributed by atoms with van der Waals surface area (Å²) in [7, 11) is -2.43. The number of nitrogens with one attached hydrogen (secondary N) is 2. The number of anilines is 1. The highest BCUT2D eigenvalue weighted by atomic mass is 32.2. The van der Waals surface area contributed by atoms with Gasteiger partial charge in [-0.2, -0.15) is 0 Å². The van der Waals surface area contributed by atoms with Crippen LogP contribution in [-0.4, -0.2) is 31.6 Å². The number of carbonyl (C=O) groups excluding carboxylic acids is 1. The number of hydrogen-bond donors (Lipinski definition) is 3. The molecule has 0 atom stereocenters. The monoisotopic (exact) mass is 387 g/mol. The summed E-state index contributed by atoms with van der Waals surface area (Å²) in [5, 5.41) is 9.22. The molecule has 3 aromatic rings. The van der Waals surface area contributed by atoms with Crippen molar-refractivity contribution in [2.75, 3.05) is 11.8 Å². The number of methoxy groups -OCH3 is 1. The first kappa shape index (κ1) is 18.6. The van der Waals surface area contributed by atoms with E-state index in [0.29, 0.717) is 28.0 Å². The summed E-state index contributed by atoms with van der Waals surface area (Å²) in [6, 6.07) is 14.5. The molecule has 0 aliphatic rings. The molecule has 3 N–H and O–H groups in total. The number of rotatable bonds is 6. The van der Waals surface area contributed by atoms with Crippen molar-refractivity contribution in [1.29, 1.82) is 0 Å². The van der Waals surface area contributed by atoms with Crippen LogP contribution in [0.4, 0.5) is 5.69 Å². The van der Waals surface area contributed by atoms with Crippen LogP contribution in [0, 0.1) is 0 Å². The van der Waals surface area contributed by atoms with E-state index in [1.54, 1.807) is 41.9 Å². The minimum Gasteiger partial charge on any atom is -0.481 e. The van der Waals surface area contributed by atoms with Gasteiger partial charge in [-0.3, -0.25) is 14.7 Å². The van der Waals surface area contributed by atoms with E-state index < -0.39 is 15.9 Å². The minimum atomic E-state index is -3.89. The van der Waals surface area contributed by atoms with Gasteiger partial charge in [0.15, 0.2) is 0 Å². The number of amides is 1. The molecule has 9 heteroatoms. The Hall–Kier alpha value is -3.17. The standard InChI is InChI=1S/C18H17N3O5S/c1-26-17-10-7-13-3-2-4-15(18(13)19-17)27(24,25)21-14-8-5-12(6-9-14)11-16(22)20-23/h2-10,21,23H,11H2,1H3,(H,20,22). The Morgan fingerprint density at radius 2 is 1.85 bits per heavy atom. The van der Waals surface area contributed by atoms with Gasteiger partial charge >= 0.3 is 0 Å². The quantitative estimate of drug-likeness (QED) is 0.440. The largest absolute Gasteiger partial charge is 0.481 e. The van der Waals surface area contributed by atoms with Crippen molar-refractivity contribution in [3.63, 3.8) is 0 Å². The summed E-state index contributed by atoms with van der Waals surface area (Å²) in [6.45, 7) is 0. The third-order valence-electron chi connectivity index (χ3n) is 3.85. The van der Waals surface area contributed by atoms with Gasteiger partial charge in [-0.1, -0.05) is 24.3 Å². The normalized spacial score (nSPS) is 11.2. The third kappa shape index (κ3) is 4.15. The van der Waals surface area contributed by atoms with Crippen LogP contribution in [0.2, 0.25) is 0 Å². The molecule has 0 aliphatic carbocycles. The number of carbonyl (C=O) groups is 1. The molecule has 0 bridgehead atoms. The van der Waals surface area contributed by atoms with E-state index in [9.17, 15) is 13.2 Å². The summed E-state index contributed by atoms with van der Waals surface area (Å²) in [5.74, 6) is -0.240. The highest BCUT2D eigenvalue weighted by molar-refractivity contribution is 7.93. The number of hydrogen-bond acceptors (Lipinski definition) is 6. The fraction of sp³-hybridized carbons (Fsp3) is 0.111. The maximum absolute atomic E-state index is 12.8. The molecule has 1 aromatic heterocycles. The van der Waals surface area contributed by atoms with Gasteiger partial charge < -0.3 is 4.74 Å². The number of sulfonamides is 1. The Morgan fingerprint density at radius 3 is 2.52 bits per heavy atom. The number of pyridine rings is 1. The topological polar surface area (TPSA) is 118 Å². The SMILES string of the molecule is COc1ccc2cccc(S(=O)(=O)Nc3ccc(CC(=O)NO)cc3)c2n1. The molecule has 0 spiro atoms. The summed E-state index contributed by atoms with van der Waals surface area (Å²) in [5.41, 5.74) is 2.81. The molecular formula is C18H17N3O5S. The van der Waals surface area contributed by atoms with Crippen LogP contribution >= 0.6 is 0 Å². The van der Waals surface area contributed by atoms with E-state index in [2.05, 4.69) is 9.71 Å². The van der Waals surface area contributed by atoms with E-state index in [1.165, 1.54) is 25.3 Å². The molecule has 140 valence electrons. The average Bonchev–Trinajstić information content (AvgIpc) is 2.68. The molecule has 1 heterocycles. The number of benzene rings is 2. The molecule has 0 aliphatic heterocycles. The maximum atomic E-state index is 12.8. The summed E-state index contributed by atoms with van der Waals surface area (Å²) in [6.07, 6.45) is -0.0173. The van der Waals surface area contributed by atoms with Gasteiger partial charge in [0, 0.05) is 17.1 Å². The number of aromatic nitrogens is 1.